The fourth-order valence-corrected chi connectivity index (χ4v) is 6.28. The Balaban J connectivity index is 1.34. The van der Waals surface area contributed by atoms with Gasteiger partial charge in [0.15, 0.2) is 0 Å². The van der Waals surface area contributed by atoms with Gasteiger partial charge in [0.2, 0.25) is 0 Å². The molecule has 0 amide bonds. The molecule has 160 valence electrons. The van der Waals surface area contributed by atoms with Crippen LogP contribution in [-0.4, -0.2) is 16.7 Å². The summed E-state index contributed by atoms with van der Waals surface area (Å²) in [7, 11) is 0. The Morgan fingerprint density at radius 3 is 2.61 bits per heavy atom. The molecule has 0 radical (unpaired) electrons. The summed E-state index contributed by atoms with van der Waals surface area (Å²) in [5.41, 5.74) is 2.66. The maximum Gasteiger partial charge on any atom is 0.343 e. The van der Waals surface area contributed by atoms with Crippen LogP contribution in [0.2, 0.25) is 0 Å². The maximum absolute atomic E-state index is 12.5. The number of nitrogens with zero attached hydrogens (tertiary/aromatic N) is 1. The van der Waals surface area contributed by atoms with E-state index in [4.69, 9.17) is 4.74 Å². The molecule has 0 saturated heterocycles. The number of Topliss-reactive ketones (excluding diaryl/α,β-unsaturated/α-hetero) is 1. The Bertz CT molecular complexity index is 1080. The second kappa shape index (κ2) is 7.29. The average molecular weight is 419 g/mol. The summed E-state index contributed by atoms with van der Waals surface area (Å²) < 4.78 is 5.55. The van der Waals surface area contributed by atoms with Gasteiger partial charge in [0, 0.05) is 24.0 Å². The molecule has 0 bridgehead atoms. The first-order valence-corrected chi connectivity index (χ1v) is 11.0. The van der Waals surface area contributed by atoms with Gasteiger partial charge in [-0.3, -0.25) is 14.9 Å². The van der Waals surface area contributed by atoms with Gasteiger partial charge >= 0.3 is 5.97 Å². The zero-order chi connectivity index (χ0) is 21.8. The lowest BCUT2D eigenvalue weighted by Crippen LogP contribution is -2.42. The van der Waals surface area contributed by atoms with E-state index in [1.54, 1.807) is 0 Å². The third-order valence-electron chi connectivity index (χ3n) is 7.93. The van der Waals surface area contributed by atoms with Crippen molar-refractivity contribution in [1.82, 2.24) is 0 Å². The SMILES string of the molecule is C[C@]12CC[C@H]3c4ccc(OC(=O)c5ccc([N+](=O)[O-])cc5)cc4CC[C@@H]3[C@@H]1CCC2=O. The Hall–Kier alpha value is -3.02. The van der Waals surface area contributed by atoms with E-state index in [1.165, 1.54) is 35.4 Å². The van der Waals surface area contributed by atoms with Crippen LogP contribution in [0.25, 0.3) is 0 Å². The second-order valence-corrected chi connectivity index (χ2v) is 9.39. The van der Waals surface area contributed by atoms with E-state index >= 15 is 0 Å². The van der Waals surface area contributed by atoms with Crippen molar-refractivity contribution in [2.75, 3.05) is 0 Å². The monoisotopic (exact) mass is 419 g/mol. The number of benzene rings is 2. The highest BCUT2D eigenvalue weighted by Gasteiger charge is 2.54. The van der Waals surface area contributed by atoms with Crippen LogP contribution < -0.4 is 4.74 Å². The van der Waals surface area contributed by atoms with Crippen molar-refractivity contribution in [2.45, 2.75) is 51.4 Å². The predicted molar refractivity (Wildman–Crippen MR) is 114 cm³/mol. The van der Waals surface area contributed by atoms with Crippen LogP contribution in [0.5, 0.6) is 5.75 Å². The van der Waals surface area contributed by atoms with Crippen molar-refractivity contribution in [3.8, 4) is 5.75 Å². The van der Waals surface area contributed by atoms with Gasteiger partial charge in [-0.15, -0.1) is 0 Å². The summed E-state index contributed by atoms with van der Waals surface area (Å²) in [4.78, 5) is 35.2. The van der Waals surface area contributed by atoms with Gasteiger partial charge < -0.3 is 4.74 Å². The molecule has 2 aromatic carbocycles. The number of rotatable bonds is 3. The van der Waals surface area contributed by atoms with E-state index in [2.05, 4.69) is 13.0 Å². The van der Waals surface area contributed by atoms with E-state index in [-0.39, 0.29) is 16.7 Å². The molecule has 3 aliphatic rings. The first kappa shape index (κ1) is 19.9. The second-order valence-electron chi connectivity index (χ2n) is 9.39. The minimum atomic E-state index is -0.526. The van der Waals surface area contributed by atoms with Crippen LogP contribution in [-0.2, 0) is 11.2 Å². The van der Waals surface area contributed by atoms with Crippen molar-refractivity contribution in [3.63, 3.8) is 0 Å². The highest BCUT2D eigenvalue weighted by atomic mass is 16.6. The number of esters is 1. The molecule has 4 atom stereocenters. The lowest BCUT2D eigenvalue weighted by molar-refractivity contribution is -0.384. The summed E-state index contributed by atoms with van der Waals surface area (Å²) in [6.45, 7) is 2.18. The quantitative estimate of drug-likeness (QED) is 0.294. The number of ketones is 1. The number of nitro groups is 1. The molecule has 0 heterocycles. The topological polar surface area (TPSA) is 86.5 Å². The lowest BCUT2D eigenvalue weighted by atomic mass is 9.55. The zero-order valence-corrected chi connectivity index (χ0v) is 17.5. The van der Waals surface area contributed by atoms with Crippen molar-refractivity contribution in [3.05, 3.63) is 69.3 Å². The molecule has 2 aromatic rings. The first-order valence-electron chi connectivity index (χ1n) is 11.0. The van der Waals surface area contributed by atoms with Crippen molar-refractivity contribution in [2.24, 2.45) is 17.3 Å². The number of hydrogen-bond donors (Lipinski definition) is 0. The Morgan fingerprint density at radius 2 is 1.87 bits per heavy atom. The molecule has 2 saturated carbocycles. The number of nitro benzene ring substituents is 1. The standard InChI is InChI=1S/C25H25NO5/c1-25-13-12-20-19-9-7-18(31-24(28)15-2-5-17(6-3-15)26(29)30)14-16(19)4-8-21(20)22(25)10-11-23(25)27/h2-3,5-7,9,14,20-22H,4,8,10-13H2,1H3/t20-,21-,22-,25-/m0/s1. The first-order chi connectivity index (χ1) is 14.9. The summed E-state index contributed by atoms with van der Waals surface area (Å²) in [5.74, 6) is 1.96. The molecule has 6 nitrogen and oxygen atoms in total. The highest BCUT2D eigenvalue weighted by molar-refractivity contribution is 5.91. The number of ether oxygens (including phenoxy) is 1. The van der Waals surface area contributed by atoms with Gasteiger partial charge in [-0.2, -0.15) is 0 Å². The number of fused-ring (bicyclic) bond motifs is 5. The highest BCUT2D eigenvalue weighted by Crippen LogP contribution is 2.59. The molecule has 0 aliphatic heterocycles. The number of aryl methyl sites for hydroxylation is 1. The van der Waals surface area contributed by atoms with E-state index < -0.39 is 10.9 Å². The van der Waals surface area contributed by atoms with Crippen LogP contribution in [0.3, 0.4) is 0 Å². The van der Waals surface area contributed by atoms with Crippen LogP contribution >= 0.6 is 0 Å². The fraction of sp³-hybridized carbons (Fsp3) is 0.440. The summed E-state index contributed by atoms with van der Waals surface area (Å²) >= 11 is 0. The van der Waals surface area contributed by atoms with Crippen molar-refractivity contribution >= 4 is 17.4 Å². The molecule has 0 spiro atoms. The molecule has 5 rings (SSSR count). The molecule has 31 heavy (non-hydrogen) atoms. The van der Waals surface area contributed by atoms with Gasteiger partial charge in [0.05, 0.1) is 10.5 Å². The van der Waals surface area contributed by atoms with Crippen LogP contribution in [0.4, 0.5) is 5.69 Å². The predicted octanol–water partition coefficient (Wildman–Crippen LogP) is 5.24. The van der Waals surface area contributed by atoms with Gasteiger partial charge in [0.1, 0.15) is 11.5 Å². The Labute approximate surface area is 180 Å². The molecule has 2 fully saturated rings. The minimum Gasteiger partial charge on any atom is -0.423 e. The molecule has 0 N–H and O–H groups in total. The van der Waals surface area contributed by atoms with Crippen LogP contribution in [0, 0.1) is 27.4 Å². The molecular weight excluding hydrogens is 394 g/mol. The third kappa shape index (κ3) is 3.25. The van der Waals surface area contributed by atoms with E-state index in [9.17, 15) is 19.7 Å². The summed E-state index contributed by atoms with van der Waals surface area (Å²) in [6, 6.07) is 11.3. The van der Waals surface area contributed by atoms with Gasteiger partial charge in [-0.05, 0) is 85.3 Å². The van der Waals surface area contributed by atoms with E-state index in [0.717, 1.165) is 38.5 Å². The molecule has 3 aliphatic carbocycles. The fourth-order valence-electron chi connectivity index (χ4n) is 6.28. The average Bonchev–Trinajstić information content (AvgIpc) is 3.08. The van der Waals surface area contributed by atoms with E-state index in [0.29, 0.717) is 29.3 Å². The van der Waals surface area contributed by atoms with Gasteiger partial charge in [0.25, 0.3) is 5.69 Å². The van der Waals surface area contributed by atoms with E-state index in [1.807, 2.05) is 12.1 Å². The normalized spacial score (nSPS) is 28.9. The Morgan fingerprint density at radius 1 is 1.10 bits per heavy atom. The molecule has 6 heteroatoms. The number of non-ortho nitro benzene ring substituents is 1. The summed E-state index contributed by atoms with van der Waals surface area (Å²) in [5, 5.41) is 10.8. The van der Waals surface area contributed by atoms with Crippen molar-refractivity contribution in [1.29, 1.82) is 0 Å². The zero-order valence-electron chi connectivity index (χ0n) is 17.5. The smallest absolute Gasteiger partial charge is 0.343 e. The van der Waals surface area contributed by atoms with Crippen molar-refractivity contribution < 1.29 is 19.2 Å². The van der Waals surface area contributed by atoms with Gasteiger partial charge in [-0.1, -0.05) is 13.0 Å². The summed E-state index contributed by atoms with van der Waals surface area (Å²) in [6.07, 6.45) is 5.77. The number of carbonyl (C=O) groups excluding carboxylic acids is 2. The lowest BCUT2D eigenvalue weighted by Gasteiger charge is -2.48. The van der Waals surface area contributed by atoms with Gasteiger partial charge in [-0.25, -0.2) is 4.79 Å². The largest absolute Gasteiger partial charge is 0.423 e. The maximum atomic E-state index is 12.5. The molecule has 0 aromatic heterocycles. The van der Waals surface area contributed by atoms with Crippen LogP contribution in [0.15, 0.2) is 42.5 Å². The third-order valence-corrected chi connectivity index (χ3v) is 7.93. The number of carbonyl (C=O) groups is 2. The number of hydrogen-bond acceptors (Lipinski definition) is 5. The molecular formula is C25H25NO5. The molecule has 0 unspecified atom stereocenters. The van der Waals surface area contributed by atoms with Crippen LogP contribution in [0.1, 0.15) is 66.4 Å². The minimum absolute atomic E-state index is 0.0626. The Kier molecular flexibility index (Phi) is 4.68.